The summed E-state index contributed by atoms with van der Waals surface area (Å²) in [6.45, 7) is 1.60. The van der Waals surface area contributed by atoms with E-state index in [1.807, 2.05) is 0 Å². The van der Waals surface area contributed by atoms with Crippen LogP contribution in [-0.4, -0.2) is 73.9 Å². The predicted octanol–water partition coefficient (Wildman–Crippen LogP) is -0.936. The van der Waals surface area contributed by atoms with E-state index in [0.29, 0.717) is 0 Å². The molecule has 1 fully saturated rings. The van der Waals surface area contributed by atoms with Gasteiger partial charge < -0.3 is 36.0 Å². The fourth-order valence-corrected chi connectivity index (χ4v) is 5.58. The quantitative estimate of drug-likeness (QED) is 0.235. The number of primary amides is 1. The highest BCUT2D eigenvalue weighted by Crippen LogP contribution is 2.55. The number of phenols is 1. The van der Waals surface area contributed by atoms with Gasteiger partial charge in [-0.1, -0.05) is 13.0 Å². The first kappa shape index (κ1) is 22.9. The standard InChI is InChI=1S/C22H23NO10/c1-6-7-3-4-8(21(31)33-2)15(25)12(7)17(27)14-11(6)16(26)9-5-10(24)13(20(23)30)18(28)22(9,32)19(14)29/h3-4,6,9-11,13,16,24-26,29,32H,5H2,1-2H3,(H2,23,30)/t6-,9?,10?,11?,13?,16+,22?/m0/s1. The molecular weight excluding hydrogens is 438 g/mol. The molecule has 0 aromatic heterocycles. The van der Waals surface area contributed by atoms with Gasteiger partial charge in [0.1, 0.15) is 23.0 Å². The molecule has 1 aromatic carbocycles. The van der Waals surface area contributed by atoms with Crippen LogP contribution in [0.2, 0.25) is 0 Å². The lowest BCUT2D eigenvalue weighted by Crippen LogP contribution is -2.67. The molecule has 7 N–H and O–H groups in total. The van der Waals surface area contributed by atoms with E-state index in [1.54, 1.807) is 6.92 Å². The fraction of sp³-hybridized carbons (Fsp3) is 0.455. The Hall–Kier alpha value is -3.28. The monoisotopic (exact) mass is 461 g/mol. The van der Waals surface area contributed by atoms with Crippen molar-refractivity contribution in [1.29, 1.82) is 0 Å². The number of esters is 1. The van der Waals surface area contributed by atoms with Crippen LogP contribution < -0.4 is 5.73 Å². The number of aliphatic hydroxyl groups excluding tert-OH is 3. The van der Waals surface area contributed by atoms with Gasteiger partial charge in [0.15, 0.2) is 17.2 Å². The van der Waals surface area contributed by atoms with Crippen molar-refractivity contribution in [3.8, 4) is 5.75 Å². The molecule has 176 valence electrons. The summed E-state index contributed by atoms with van der Waals surface area (Å²) < 4.78 is 4.60. The number of aliphatic hydroxyl groups is 4. The summed E-state index contributed by atoms with van der Waals surface area (Å²) in [5, 5.41) is 54.4. The molecule has 3 aliphatic rings. The summed E-state index contributed by atoms with van der Waals surface area (Å²) in [5.41, 5.74) is 1.44. The molecule has 1 saturated carbocycles. The maximum absolute atomic E-state index is 13.4. The van der Waals surface area contributed by atoms with Crippen molar-refractivity contribution >= 4 is 23.4 Å². The number of fused-ring (bicyclic) bond motifs is 3. The Balaban J connectivity index is 1.96. The summed E-state index contributed by atoms with van der Waals surface area (Å²) in [6, 6.07) is 2.67. The number of methoxy groups -OCH3 is 1. The van der Waals surface area contributed by atoms with Crippen molar-refractivity contribution in [2.24, 2.45) is 23.5 Å². The number of carbonyl (C=O) groups is 4. The Morgan fingerprint density at radius 2 is 1.82 bits per heavy atom. The van der Waals surface area contributed by atoms with Gasteiger partial charge in [0.25, 0.3) is 0 Å². The van der Waals surface area contributed by atoms with Crippen molar-refractivity contribution < 1.29 is 49.4 Å². The lowest BCUT2D eigenvalue weighted by Gasteiger charge is -2.52. The number of amides is 1. The summed E-state index contributed by atoms with van der Waals surface area (Å²) in [6.07, 6.45) is -3.62. The van der Waals surface area contributed by atoms with Crippen LogP contribution >= 0.6 is 0 Å². The number of aromatic hydroxyl groups is 1. The first-order valence-corrected chi connectivity index (χ1v) is 10.2. The van der Waals surface area contributed by atoms with Gasteiger partial charge in [-0.25, -0.2) is 4.79 Å². The van der Waals surface area contributed by atoms with Gasteiger partial charge in [0.2, 0.25) is 5.91 Å². The molecule has 33 heavy (non-hydrogen) atoms. The molecule has 1 aromatic rings. The number of rotatable bonds is 2. The molecule has 4 rings (SSSR count). The third-order valence-electron chi connectivity index (χ3n) is 7.23. The second-order valence-electron chi connectivity index (χ2n) is 8.73. The Morgan fingerprint density at radius 3 is 2.39 bits per heavy atom. The van der Waals surface area contributed by atoms with Crippen LogP contribution in [0.1, 0.15) is 45.5 Å². The minimum absolute atomic E-state index is 0.272. The highest BCUT2D eigenvalue weighted by Gasteiger charge is 2.66. The maximum Gasteiger partial charge on any atom is 0.341 e. The van der Waals surface area contributed by atoms with Crippen molar-refractivity contribution in [3.05, 3.63) is 40.2 Å². The van der Waals surface area contributed by atoms with Gasteiger partial charge in [0, 0.05) is 17.4 Å². The van der Waals surface area contributed by atoms with Crippen LogP contribution in [0.15, 0.2) is 23.5 Å². The third kappa shape index (κ3) is 2.79. The Labute approximate surface area is 187 Å². The van der Waals surface area contributed by atoms with E-state index >= 15 is 0 Å². The zero-order valence-electron chi connectivity index (χ0n) is 17.7. The van der Waals surface area contributed by atoms with Crippen LogP contribution in [0.25, 0.3) is 0 Å². The molecular formula is C22H23NO10. The van der Waals surface area contributed by atoms with Crippen molar-refractivity contribution in [2.45, 2.75) is 37.1 Å². The first-order valence-electron chi connectivity index (χ1n) is 10.2. The highest BCUT2D eigenvalue weighted by atomic mass is 16.5. The van der Waals surface area contributed by atoms with E-state index in [9.17, 15) is 44.7 Å². The van der Waals surface area contributed by atoms with E-state index in [4.69, 9.17) is 5.73 Å². The number of phenolic OH excluding ortho intramolecular Hbond substituents is 1. The van der Waals surface area contributed by atoms with Gasteiger partial charge in [-0.2, -0.15) is 0 Å². The minimum atomic E-state index is -2.85. The molecule has 0 saturated heterocycles. The van der Waals surface area contributed by atoms with Crippen LogP contribution in [0.4, 0.5) is 0 Å². The number of hydrogen-bond acceptors (Lipinski definition) is 10. The molecule has 11 heteroatoms. The average Bonchev–Trinajstić information content (AvgIpc) is 2.75. The number of ketones is 2. The third-order valence-corrected chi connectivity index (χ3v) is 7.23. The number of ether oxygens (including phenoxy) is 1. The average molecular weight is 461 g/mol. The van der Waals surface area contributed by atoms with Crippen LogP contribution in [-0.2, 0) is 14.3 Å². The van der Waals surface area contributed by atoms with E-state index < -0.39 is 88.4 Å². The van der Waals surface area contributed by atoms with Gasteiger partial charge in [-0.3, -0.25) is 14.4 Å². The van der Waals surface area contributed by atoms with E-state index in [-0.39, 0.29) is 16.7 Å². The van der Waals surface area contributed by atoms with Crippen molar-refractivity contribution in [1.82, 2.24) is 0 Å². The molecule has 3 aliphatic carbocycles. The predicted molar refractivity (Wildman–Crippen MR) is 108 cm³/mol. The largest absolute Gasteiger partial charge is 0.508 e. The van der Waals surface area contributed by atoms with Crippen molar-refractivity contribution in [2.75, 3.05) is 7.11 Å². The molecule has 0 spiro atoms. The molecule has 1 amide bonds. The topological polar surface area (TPSA) is 205 Å². The van der Waals surface area contributed by atoms with Gasteiger partial charge in [0.05, 0.1) is 24.9 Å². The number of hydrogen-bond donors (Lipinski definition) is 6. The Bertz CT molecular complexity index is 1140. The van der Waals surface area contributed by atoms with E-state index in [1.165, 1.54) is 12.1 Å². The minimum Gasteiger partial charge on any atom is -0.508 e. The molecule has 0 radical (unpaired) electrons. The normalized spacial score (nSPS) is 35.4. The number of carbonyl (C=O) groups excluding carboxylic acids is 4. The van der Waals surface area contributed by atoms with Crippen LogP contribution in [0.5, 0.6) is 5.75 Å². The molecule has 7 atom stereocenters. The Kier molecular flexibility index (Phi) is 5.11. The van der Waals surface area contributed by atoms with Crippen LogP contribution in [0, 0.1) is 17.8 Å². The first-order chi connectivity index (χ1) is 15.4. The molecule has 5 unspecified atom stereocenters. The van der Waals surface area contributed by atoms with Gasteiger partial charge in [-0.15, -0.1) is 0 Å². The molecule has 0 aliphatic heterocycles. The lowest BCUT2D eigenvalue weighted by atomic mass is 9.54. The SMILES string of the molecule is COC(=O)c1ccc2c(c1O)C(=O)C1=C(O)C3(O)C(=O)C(C(N)=O)C(O)CC3[C@@H](O)C1[C@H]2C. The van der Waals surface area contributed by atoms with Crippen molar-refractivity contribution in [3.63, 3.8) is 0 Å². The van der Waals surface area contributed by atoms with Gasteiger partial charge >= 0.3 is 5.97 Å². The van der Waals surface area contributed by atoms with Crippen LogP contribution in [0.3, 0.4) is 0 Å². The zero-order chi connectivity index (χ0) is 24.6. The summed E-state index contributed by atoms with van der Waals surface area (Å²) >= 11 is 0. The summed E-state index contributed by atoms with van der Waals surface area (Å²) in [5.74, 6) is -11.4. The Morgan fingerprint density at radius 1 is 1.18 bits per heavy atom. The smallest absolute Gasteiger partial charge is 0.341 e. The number of Topliss-reactive ketones (excluding diaryl/α,β-unsaturated/α-hetero) is 2. The van der Waals surface area contributed by atoms with Gasteiger partial charge in [-0.05, 0) is 24.0 Å². The summed E-state index contributed by atoms with van der Waals surface area (Å²) in [7, 11) is 1.08. The zero-order valence-corrected chi connectivity index (χ0v) is 17.7. The second kappa shape index (κ2) is 7.37. The van der Waals surface area contributed by atoms with E-state index in [2.05, 4.69) is 4.74 Å². The fourth-order valence-electron chi connectivity index (χ4n) is 5.58. The molecule has 0 heterocycles. The number of benzene rings is 1. The highest BCUT2D eigenvalue weighted by molar-refractivity contribution is 6.17. The second-order valence-corrected chi connectivity index (χ2v) is 8.73. The number of nitrogens with two attached hydrogens (primary N) is 1. The molecule has 11 nitrogen and oxygen atoms in total. The van der Waals surface area contributed by atoms with E-state index in [0.717, 1.165) is 7.11 Å². The summed E-state index contributed by atoms with van der Waals surface area (Å²) in [4.78, 5) is 50.2. The lowest BCUT2D eigenvalue weighted by molar-refractivity contribution is -0.179. The molecule has 0 bridgehead atoms. The maximum atomic E-state index is 13.4.